The number of ether oxygens (including phenoxy) is 2. The first-order chi connectivity index (χ1) is 5.63. The third kappa shape index (κ3) is 1.81. The first kappa shape index (κ1) is 9.17. The maximum Gasteiger partial charge on any atom is 0.155 e. The maximum absolute atomic E-state index is 5.45. The molecule has 0 aromatic carbocycles. The van der Waals surface area contributed by atoms with E-state index in [1.54, 1.807) is 12.5 Å². The van der Waals surface area contributed by atoms with E-state index in [0.717, 1.165) is 5.57 Å². The Labute approximate surface area is 73.9 Å². The van der Waals surface area contributed by atoms with Gasteiger partial charge in [0.15, 0.2) is 6.10 Å². The van der Waals surface area contributed by atoms with Crippen molar-refractivity contribution in [1.29, 1.82) is 0 Å². The SMILES string of the molecule is C=C(C)C1OC=COC1C(C)C. The van der Waals surface area contributed by atoms with Gasteiger partial charge in [-0.25, -0.2) is 0 Å². The lowest BCUT2D eigenvalue weighted by molar-refractivity contribution is -0.0364. The van der Waals surface area contributed by atoms with Crippen molar-refractivity contribution < 1.29 is 9.47 Å². The maximum atomic E-state index is 5.45. The summed E-state index contributed by atoms with van der Waals surface area (Å²) in [6.45, 7) is 10.1. The smallest absolute Gasteiger partial charge is 0.155 e. The molecule has 2 unspecified atom stereocenters. The summed E-state index contributed by atoms with van der Waals surface area (Å²) < 4.78 is 10.9. The zero-order valence-corrected chi connectivity index (χ0v) is 7.91. The molecule has 0 radical (unpaired) electrons. The second kappa shape index (κ2) is 3.65. The van der Waals surface area contributed by atoms with Crippen LogP contribution in [0.4, 0.5) is 0 Å². The highest BCUT2D eigenvalue weighted by molar-refractivity contribution is 5.05. The molecule has 0 spiro atoms. The van der Waals surface area contributed by atoms with Crippen molar-refractivity contribution in [3.05, 3.63) is 24.7 Å². The van der Waals surface area contributed by atoms with Crippen LogP contribution in [-0.2, 0) is 9.47 Å². The second-order valence-corrected chi connectivity index (χ2v) is 3.52. The highest BCUT2D eigenvalue weighted by atomic mass is 16.6. The molecule has 0 amide bonds. The van der Waals surface area contributed by atoms with Crippen LogP contribution in [0.3, 0.4) is 0 Å². The molecule has 2 nitrogen and oxygen atoms in total. The molecule has 0 bridgehead atoms. The standard InChI is InChI=1S/C10H16O2/c1-7(2)9-10(8(3)4)12-6-5-11-9/h5-6,8-10H,1H2,2-4H3. The quantitative estimate of drug-likeness (QED) is 0.590. The average molecular weight is 168 g/mol. The summed E-state index contributed by atoms with van der Waals surface area (Å²) >= 11 is 0. The zero-order valence-electron chi connectivity index (χ0n) is 7.91. The molecule has 68 valence electrons. The number of hydrogen-bond donors (Lipinski definition) is 0. The molecular weight excluding hydrogens is 152 g/mol. The van der Waals surface area contributed by atoms with Gasteiger partial charge in [0.1, 0.15) is 18.6 Å². The lowest BCUT2D eigenvalue weighted by atomic mass is 9.97. The van der Waals surface area contributed by atoms with E-state index in [4.69, 9.17) is 9.47 Å². The molecule has 0 aromatic rings. The molecule has 0 saturated carbocycles. The van der Waals surface area contributed by atoms with Gasteiger partial charge in [0.2, 0.25) is 0 Å². The molecule has 0 aromatic heterocycles. The molecule has 1 rings (SSSR count). The fourth-order valence-corrected chi connectivity index (χ4v) is 1.29. The van der Waals surface area contributed by atoms with Gasteiger partial charge in [-0.05, 0) is 18.4 Å². The monoisotopic (exact) mass is 168 g/mol. The van der Waals surface area contributed by atoms with Crippen LogP contribution in [0.5, 0.6) is 0 Å². The van der Waals surface area contributed by atoms with E-state index >= 15 is 0 Å². The lowest BCUT2D eigenvalue weighted by Crippen LogP contribution is -2.36. The van der Waals surface area contributed by atoms with Gasteiger partial charge in [-0.3, -0.25) is 0 Å². The predicted octanol–water partition coefficient (Wildman–Crippen LogP) is 2.47. The Kier molecular flexibility index (Phi) is 2.79. The minimum Gasteiger partial charge on any atom is -0.490 e. The van der Waals surface area contributed by atoms with Crippen LogP contribution in [0.1, 0.15) is 20.8 Å². The van der Waals surface area contributed by atoms with Crippen molar-refractivity contribution in [3.63, 3.8) is 0 Å². The normalized spacial score (nSPS) is 28.0. The van der Waals surface area contributed by atoms with Crippen LogP contribution in [0.2, 0.25) is 0 Å². The molecule has 1 heterocycles. The molecule has 0 fully saturated rings. The van der Waals surface area contributed by atoms with Gasteiger partial charge < -0.3 is 9.47 Å². The summed E-state index contributed by atoms with van der Waals surface area (Å²) in [6, 6.07) is 0. The Balaban J connectivity index is 2.69. The summed E-state index contributed by atoms with van der Waals surface area (Å²) in [7, 11) is 0. The Hall–Kier alpha value is -0.920. The predicted molar refractivity (Wildman–Crippen MR) is 48.5 cm³/mol. The molecule has 1 aliphatic rings. The third-order valence-electron chi connectivity index (χ3n) is 1.96. The van der Waals surface area contributed by atoms with E-state index in [1.807, 2.05) is 6.92 Å². The van der Waals surface area contributed by atoms with Crippen LogP contribution in [0, 0.1) is 5.92 Å². The van der Waals surface area contributed by atoms with E-state index in [-0.39, 0.29) is 12.2 Å². The Morgan fingerprint density at radius 2 is 1.92 bits per heavy atom. The minimum absolute atomic E-state index is 0.00926. The van der Waals surface area contributed by atoms with E-state index in [9.17, 15) is 0 Å². The van der Waals surface area contributed by atoms with Gasteiger partial charge in [-0.15, -0.1) is 0 Å². The van der Waals surface area contributed by atoms with Crippen LogP contribution >= 0.6 is 0 Å². The largest absolute Gasteiger partial charge is 0.490 e. The first-order valence-electron chi connectivity index (χ1n) is 4.24. The Morgan fingerprint density at radius 3 is 2.33 bits per heavy atom. The van der Waals surface area contributed by atoms with Gasteiger partial charge in [0.25, 0.3) is 0 Å². The lowest BCUT2D eigenvalue weighted by Gasteiger charge is -2.31. The van der Waals surface area contributed by atoms with Crippen molar-refractivity contribution in [2.75, 3.05) is 0 Å². The zero-order chi connectivity index (χ0) is 9.14. The van der Waals surface area contributed by atoms with Gasteiger partial charge in [-0.2, -0.15) is 0 Å². The summed E-state index contributed by atoms with van der Waals surface area (Å²) in [4.78, 5) is 0. The van der Waals surface area contributed by atoms with Crippen molar-refractivity contribution in [3.8, 4) is 0 Å². The van der Waals surface area contributed by atoms with Gasteiger partial charge in [-0.1, -0.05) is 20.4 Å². The highest BCUT2D eigenvalue weighted by Gasteiger charge is 2.28. The van der Waals surface area contributed by atoms with Gasteiger partial charge in [0, 0.05) is 0 Å². The van der Waals surface area contributed by atoms with Crippen molar-refractivity contribution >= 4 is 0 Å². The number of rotatable bonds is 2. The van der Waals surface area contributed by atoms with Crippen LogP contribution in [-0.4, -0.2) is 12.2 Å². The van der Waals surface area contributed by atoms with Crippen LogP contribution in [0.25, 0.3) is 0 Å². The third-order valence-corrected chi connectivity index (χ3v) is 1.96. The van der Waals surface area contributed by atoms with Gasteiger partial charge >= 0.3 is 0 Å². The molecule has 2 heteroatoms. The second-order valence-electron chi connectivity index (χ2n) is 3.52. The van der Waals surface area contributed by atoms with E-state index in [2.05, 4.69) is 20.4 Å². The fourth-order valence-electron chi connectivity index (χ4n) is 1.29. The summed E-state index contributed by atoms with van der Waals surface area (Å²) in [6.07, 6.45) is 3.30. The number of hydrogen-bond acceptors (Lipinski definition) is 2. The molecule has 0 saturated heterocycles. The minimum atomic E-state index is 0.00926. The molecule has 0 N–H and O–H groups in total. The van der Waals surface area contributed by atoms with Crippen molar-refractivity contribution in [1.82, 2.24) is 0 Å². The van der Waals surface area contributed by atoms with E-state index in [0.29, 0.717) is 5.92 Å². The summed E-state index contributed by atoms with van der Waals surface area (Å²) in [5.74, 6) is 0.441. The van der Waals surface area contributed by atoms with Crippen LogP contribution < -0.4 is 0 Å². The molecule has 2 atom stereocenters. The summed E-state index contributed by atoms with van der Waals surface area (Å²) in [5, 5.41) is 0. The summed E-state index contributed by atoms with van der Waals surface area (Å²) in [5.41, 5.74) is 1.01. The van der Waals surface area contributed by atoms with Crippen molar-refractivity contribution in [2.24, 2.45) is 5.92 Å². The molecule has 0 aliphatic carbocycles. The van der Waals surface area contributed by atoms with E-state index < -0.39 is 0 Å². The topological polar surface area (TPSA) is 18.5 Å². The Bertz CT molecular complexity index is 194. The fraction of sp³-hybridized carbons (Fsp3) is 0.600. The molecule has 12 heavy (non-hydrogen) atoms. The Morgan fingerprint density at radius 1 is 1.33 bits per heavy atom. The first-order valence-corrected chi connectivity index (χ1v) is 4.24. The van der Waals surface area contributed by atoms with Gasteiger partial charge in [0.05, 0.1) is 0 Å². The average Bonchev–Trinajstić information content (AvgIpc) is 2.04. The van der Waals surface area contributed by atoms with Crippen molar-refractivity contribution in [2.45, 2.75) is 33.0 Å². The molecule has 1 aliphatic heterocycles. The van der Waals surface area contributed by atoms with E-state index in [1.165, 1.54) is 0 Å². The molecular formula is C10H16O2. The van der Waals surface area contributed by atoms with Crippen LogP contribution in [0.15, 0.2) is 24.7 Å². The highest BCUT2D eigenvalue weighted by Crippen LogP contribution is 2.22.